The summed E-state index contributed by atoms with van der Waals surface area (Å²) in [7, 11) is 1.84. The van der Waals surface area contributed by atoms with Gasteiger partial charge in [-0.3, -0.25) is 9.79 Å². The van der Waals surface area contributed by atoms with Gasteiger partial charge in [0.05, 0.1) is 12.5 Å². The molecule has 1 aliphatic rings. The zero-order valence-corrected chi connectivity index (χ0v) is 18.2. The first kappa shape index (κ1) is 23.5. The van der Waals surface area contributed by atoms with Gasteiger partial charge in [-0.2, -0.15) is 0 Å². The lowest BCUT2D eigenvalue weighted by atomic mass is 9.97. The number of unbranched alkanes of at least 4 members (excludes halogenated alkanes) is 1. The van der Waals surface area contributed by atoms with Gasteiger partial charge in [0.2, 0.25) is 0 Å². The van der Waals surface area contributed by atoms with Crippen molar-refractivity contribution in [3.63, 3.8) is 0 Å². The van der Waals surface area contributed by atoms with Gasteiger partial charge < -0.3 is 15.0 Å². The number of hydrogen-bond donors (Lipinski definition) is 1. The molecule has 1 atom stereocenters. The standard InChI is InChI=1S/C18H35N3O2.HI/c1-5-8-9-15(6-2)14-20-18(19-4)21-12-10-16(11-13-21)17(22)23-7-3;/h15-16H,5-14H2,1-4H3,(H,19,20);1H. The Hall–Kier alpha value is -0.530. The number of rotatable bonds is 8. The van der Waals surface area contributed by atoms with Gasteiger partial charge in [-0.1, -0.05) is 33.1 Å². The number of carbonyl (C=O) groups is 1. The van der Waals surface area contributed by atoms with Crippen LogP contribution < -0.4 is 5.32 Å². The van der Waals surface area contributed by atoms with Crippen LogP contribution in [-0.4, -0.2) is 50.1 Å². The summed E-state index contributed by atoms with van der Waals surface area (Å²) in [6.07, 6.45) is 6.74. The molecule has 24 heavy (non-hydrogen) atoms. The summed E-state index contributed by atoms with van der Waals surface area (Å²) in [4.78, 5) is 18.5. The number of esters is 1. The van der Waals surface area contributed by atoms with Crippen molar-refractivity contribution in [1.82, 2.24) is 10.2 Å². The van der Waals surface area contributed by atoms with Crippen molar-refractivity contribution in [3.8, 4) is 0 Å². The van der Waals surface area contributed by atoms with E-state index in [0.717, 1.165) is 38.4 Å². The summed E-state index contributed by atoms with van der Waals surface area (Å²) in [6.45, 7) is 9.56. The predicted molar refractivity (Wildman–Crippen MR) is 111 cm³/mol. The van der Waals surface area contributed by atoms with Crippen LogP contribution in [0.5, 0.6) is 0 Å². The molecule has 0 aromatic rings. The molecule has 1 aliphatic heterocycles. The van der Waals surface area contributed by atoms with E-state index in [1.54, 1.807) is 0 Å². The molecule has 1 N–H and O–H groups in total. The van der Waals surface area contributed by atoms with Crippen molar-refractivity contribution in [2.24, 2.45) is 16.8 Å². The maximum absolute atomic E-state index is 11.8. The minimum Gasteiger partial charge on any atom is -0.466 e. The zero-order chi connectivity index (χ0) is 17.1. The van der Waals surface area contributed by atoms with E-state index < -0.39 is 0 Å². The van der Waals surface area contributed by atoms with Crippen LogP contribution in [0.4, 0.5) is 0 Å². The highest BCUT2D eigenvalue weighted by Crippen LogP contribution is 2.19. The second kappa shape index (κ2) is 13.7. The average Bonchev–Trinajstić information content (AvgIpc) is 2.58. The molecule has 1 heterocycles. The number of guanidine groups is 1. The molecule has 0 aliphatic carbocycles. The topological polar surface area (TPSA) is 53.9 Å². The summed E-state index contributed by atoms with van der Waals surface area (Å²) >= 11 is 0. The molecule has 0 radical (unpaired) electrons. The van der Waals surface area contributed by atoms with Gasteiger partial charge in [0.25, 0.3) is 0 Å². The van der Waals surface area contributed by atoms with Gasteiger partial charge in [0.1, 0.15) is 0 Å². The number of hydrogen-bond acceptors (Lipinski definition) is 3. The number of carbonyl (C=O) groups excluding carboxylic acids is 1. The van der Waals surface area contributed by atoms with Gasteiger partial charge in [-0.25, -0.2) is 0 Å². The van der Waals surface area contributed by atoms with Crippen molar-refractivity contribution in [3.05, 3.63) is 0 Å². The third kappa shape index (κ3) is 8.03. The van der Waals surface area contributed by atoms with Crippen molar-refractivity contribution in [1.29, 1.82) is 0 Å². The Morgan fingerprint density at radius 2 is 1.96 bits per heavy atom. The lowest BCUT2D eigenvalue weighted by Crippen LogP contribution is -2.47. The maximum Gasteiger partial charge on any atom is 0.309 e. The highest BCUT2D eigenvalue weighted by atomic mass is 127. The molecule has 0 aromatic heterocycles. The molecule has 142 valence electrons. The highest BCUT2D eigenvalue weighted by Gasteiger charge is 2.27. The smallest absolute Gasteiger partial charge is 0.309 e. The van der Waals surface area contributed by atoms with Crippen LogP contribution in [0.25, 0.3) is 0 Å². The molecule has 1 rings (SSSR count). The number of likely N-dealkylation sites (tertiary alicyclic amines) is 1. The Kier molecular flexibility index (Phi) is 13.4. The van der Waals surface area contributed by atoms with Crippen molar-refractivity contribution >= 4 is 35.9 Å². The molecule has 0 spiro atoms. The first-order chi connectivity index (χ1) is 11.2. The van der Waals surface area contributed by atoms with Crippen LogP contribution in [0, 0.1) is 11.8 Å². The maximum atomic E-state index is 11.8. The van der Waals surface area contributed by atoms with E-state index in [2.05, 4.69) is 29.1 Å². The molecule has 0 aromatic carbocycles. The second-order valence-electron chi connectivity index (χ2n) is 6.36. The van der Waals surface area contributed by atoms with E-state index in [1.807, 2.05) is 14.0 Å². The van der Waals surface area contributed by atoms with Crippen LogP contribution in [0.15, 0.2) is 4.99 Å². The molecular formula is C18H36IN3O2. The number of ether oxygens (including phenoxy) is 1. The fraction of sp³-hybridized carbons (Fsp3) is 0.889. The molecule has 0 bridgehead atoms. The Morgan fingerprint density at radius 1 is 1.29 bits per heavy atom. The SMILES string of the molecule is CCCCC(CC)CNC(=NC)N1CCC(C(=O)OCC)CC1.I. The van der Waals surface area contributed by atoms with Crippen LogP contribution in [0.2, 0.25) is 0 Å². The van der Waals surface area contributed by atoms with Gasteiger partial charge in [0, 0.05) is 26.7 Å². The summed E-state index contributed by atoms with van der Waals surface area (Å²) in [5.41, 5.74) is 0. The minimum atomic E-state index is -0.0410. The Labute approximate surface area is 165 Å². The van der Waals surface area contributed by atoms with E-state index >= 15 is 0 Å². The normalized spacial score (nSPS) is 17.2. The van der Waals surface area contributed by atoms with Crippen LogP contribution >= 0.6 is 24.0 Å². The molecule has 1 fully saturated rings. The van der Waals surface area contributed by atoms with Crippen LogP contribution in [0.3, 0.4) is 0 Å². The molecular weight excluding hydrogens is 417 g/mol. The Bertz CT molecular complexity index is 369. The van der Waals surface area contributed by atoms with Crippen LogP contribution in [-0.2, 0) is 9.53 Å². The Morgan fingerprint density at radius 3 is 2.46 bits per heavy atom. The van der Waals surface area contributed by atoms with Gasteiger partial charge in [0.15, 0.2) is 5.96 Å². The van der Waals surface area contributed by atoms with E-state index in [1.165, 1.54) is 25.7 Å². The Balaban J connectivity index is 0.00000529. The first-order valence-electron chi connectivity index (χ1n) is 9.28. The van der Waals surface area contributed by atoms with Crippen LogP contribution in [0.1, 0.15) is 59.3 Å². The summed E-state index contributed by atoms with van der Waals surface area (Å²) in [6, 6.07) is 0. The molecule has 5 nitrogen and oxygen atoms in total. The lowest BCUT2D eigenvalue weighted by Gasteiger charge is -2.33. The largest absolute Gasteiger partial charge is 0.466 e. The summed E-state index contributed by atoms with van der Waals surface area (Å²) < 4.78 is 5.13. The summed E-state index contributed by atoms with van der Waals surface area (Å²) in [5, 5.41) is 3.53. The minimum absolute atomic E-state index is 0. The molecule has 1 unspecified atom stereocenters. The fourth-order valence-corrected chi connectivity index (χ4v) is 3.10. The molecule has 6 heteroatoms. The van der Waals surface area contributed by atoms with E-state index in [4.69, 9.17) is 4.74 Å². The third-order valence-electron chi connectivity index (χ3n) is 4.72. The monoisotopic (exact) mass is 453 g/mol. The fourth-order valence-electron chi connectivity index (χ4n) is 3.10. The quantitative estimate of drug-likeness (QED) is 0.264. The predicted octanol–water partition coefficient (Wildman–Crippen LogP) is 3.67. The van der Waals surface area contributed by atoms with Gasteiger partial charge in [-0.15, -0.1) is 24.0 Å². The molecule has 0 amide bonds. The second-order valence-corrected chi connectivity index (χ2v) is 6.36. The van der Waals surface area contributed by atoms with E-state index in [-0.39, 0.29) is 35.9 Å². The number of aliphatic imine (C=N–C) groups is 1. The molecule has 0 saturated carbocycles. The van der Waals surface area contributed by atoms with E-state index in [0.29, 0.717) is 12.5 Å². The zero-order valence-electron chi connectivity index (χ0n) is 15.8. The number of piperidine rings is 1. The number of nitrogens with zero attached hydrogens (tertiary/aromatic N) is 2. The lowest BCUT2D eigenvalue weighted by molar-refractivity contribution is -0.149. The van der Waals surface area contributed by atoms with Crippen molar-refractivity contribution in [2.45, 2.75) is 59.3 Å². The van der Waals surface area contributed by atoms with Crippen molar-refractivity contribution in [2.75, 3.05) is 33.3 Å². The third-order valence-corrected chi connectivity index (χ3v) is 4.72. The van der Waals surface area contributed by atoms with E-state index in [9.17, 15) is 4.79 Å². The molecule has 1 saturated heterocycles. The number of halogens is 1. The van der Waals surface area contributed by atoms with Gasteiger partial charge in [-0.05, 0) is 32.1 Å². The van der Waals surface area contributed by atoms with Crippen molar-refractivity contribution < 1.29 is 9.53 Å². The number of nitrogens with one attached hydrogen (secondary N) is 1. The van der Waals surface area contributed by atoms with Gasteiger partial charge >= 0.3 is 5.97 Å². The summed E-state index contributed by atoms with van der Waals surface area (Å²) in [5.74, 6) is 1.70. The first-order valence-corrected chi connectivity index (χ1v) is 9.28. The average molecular weight is 453 g/mol. The highest BCUT2D eigenvalue weighted by molar-refractivity contribution is 14.0.